The lowest BCUT2D eigenvalue weighted by atomic mass is 9.77. The molecule has 0 spiro atoms. The van der Waals surface area contributed by atoms with Crippen LogP contribution in [0.4, 0.5) is 40.6 Å². The van der Waals surface area contributed by atoms with E-state index in [-0.39, 0.29) is 110 Å². The number of rotatable bonds is 12. The summed E-state index contributed by atoms with van der Waals surface area (Å²) in [5.74, 6) is -2.89. The van der Waals surface area contributed by atoms with Crippen LogP contribution >= 0.6 is 11.6 Å². The summed E-state index contributed by atoms with van der Waals surface area (Å²) >= 11 is 6.14. The third-order valence-corrected chi connectivity index (χ3v) is 18.5. The van der Waals surface area contributed by atoms with Crippen molar-refractivity contribution in [3.63, 3.8) is 0 Å². The van der Waals surface area contributed by atoms with Crippen molar-refractivity contribution < 1.29 is 36.5 Å². The molecule has 3 aliphatic rings. The van der Waals surface area contributed by atoms with Crippen molar-refractivity contribution >= 4 is 81.1 Å². The summed E-state index contributed by atoms with van der Waals surface area (Å²) in [6, 6.07) is 10.2. The van der Waals surface area contributed by atoms with Gasteiger partial charge in [0.1, 0.15) is 41.6 Å². The van der Waals surface area contributed by atoms with Crippen LogP contribution in [0.5, 0.6) is 0 Å². The fourth-order valence-electron chi connectivity index (χ4n) is 12.4. The normalized spacial score (nSPS) is 18.4. The number of nitrogens with zero attached hydrogens (tertiary/aromatic N) is 14. The van der Waals surface area contributed by atoms with Crippen molar-refractivity contribution in [2.75, 3.05) is 47.4 Å². The highest BCUT2D eigenvalue weighted by molar-refractivity contribution is 6.64. The molecule has 6 aromatic heterocycles. The number of amides is 2. The molecule has 9 heterocycles. The van der Waals surface area contributed by atoms with Crippen molar-refractivity contribution in [3.05, 3.63) is 159 Å². The number of hydrogen-bond donors (Lipinski definition) is 2. The average molecular weight is 1370 g/mol. The molecule has 11 rings (SSSR count). The molecular formula is C70H84BClF4N16O6. The highest BCUT2D eigenvalue weighted by Crippen LogP contribution is 2.40. The highest BCUT2D eigenvalue weighted by atomic mass is 35.5. The van der Waals surface area contributed by atoms with Crippen molar-refractivity contribution in [3.8, 4) is 22.6 Å². The molecule has 4 N–H and O–H groups in total. The third kappa shape index (κ3) is 14.0. The quantitative estimate of drug-likeness (QED) is 0.0378. The second-order valence-electron chi connectivity index (χ2n) is 27.2. The zero-order valence-electron chi connectivity index (χ0n) is 58.1. The van der Waals surface area contributed by atoms with E-state index < -0.39 is 53.0 Å². The average Bonchev–Trinajstić information content (AvgIpc) is 0.974. The van der Waals surface area contributed by atoms with Crippen LogP contribution in [-0.2, 0) is 18.9 Å². The molecule has 518 valence electrons. The first-order valence-electron chi connectivity index (χ1n) is 32.5. The molecule has 3 saturated heterocycles. The van der Waals surface area contributed by atoms with Crippen LogP contribution in [0.2, 0.25) is 5.15 Å². The van der Waals surface area contributed by atoms with Gasteiger partial charge in [-0.15, -0.1) is 0 Å². The van der Waals surface area contributed by atoms with E-state index in [9.17, 15) is 28.0 Å². The van der Waals surface area contributed by atoms with Crippen LogP contribution in [-0.4, -0.2) is 139 Å². The minimum absolute atomic E-state index is 0.00170. The molecule has 98 heavy (non-hydrogen) atoms. The molecule has 2 aromatic carbocycles. The molecule has 22 nitrogen and oxygen atoms in total. The third-order valence-electron chi connectivity index (χ3n) is 18.2. The molecule has 3 aliphatic heterocycles. The SMILES string of the molecule is C=CC(=O)N1C[C@H](C)N(c2nc(=O)n(-c3c(C(C)C)ncnc3C(C)C)c3nc(-c4c(N)cccc4F)c(F)cc23)C[C@H]1C.C=CC(=O)N1C[C@H](C)N(c2nc(=O)n(-c3c(C(C)C)ncnc3C(C)C)c3nc(Cl)c(F)cc23)C[C@H]1C.CC1(C)OB(c2c(N)cccc2F)OC1(C)C. The van der Waals surface area contributed by atoms with Gasteiger partial charge in [0.05, 0.1) is 61.7 Å². The van der Waals surface area contributed by atoms with Gasteiger partial charge < -0.3 is 40.4 Å². The Morgan fingerprint density at radius 1 is 0.571 bits per heavy atom. The van der Waals surface area contributed by atoms with Gasteiger partial charge >= 0.3 is 18.5 Å². The van der Waals surface area contributed by atoms with Crippen LogP contribution in [0.25, 0.3) is 44.7 Å². The summed E-state index contributed by atoms with van der Waals surface area (Å²) in [5.41, 5.74) is 13.3. The minimum Gasteiger partial charge on any atom is -0.399 e. The van der Waals surface area contributed by atoms with Crippen molar-refractivity contribution in [1.29, 1.82) is 0 Å². The van der Waals surface area contributed by atoms with E-state index in [0.717, 1.165) is 0 Å². The van der Waals surface area contributed by atoms with Crippen LogP contribution in [0, 0.1) is 23.3 Å². The number of nitrogens with two attached hydrogens (primary N) is 2. The Kier molecular flexibility index (Phi) is 21.4. The van der Waals surface area contributed by atoms with Gasteiger partial charge in [-0.05, 0) is 128 Å². The number of carbonyl (C=O) groups is 2. The van der Waals surface area contributed by atoms with E-state index >= 15 is 8.78 Å². The molecule has 3 fully saturated rings. The maximum absolute atomic E-state index is 16.0. The zero-order valence-corrected chi connectivity index (χ0v) is 58.9. The Balaban J connectivity index is 0.000000187. The first-order valence-corrected chi connectivity index (χ1v) is 32.9. The van der Waals surface area contributed by atoms with Gasteiger partial charge in [0, 0.05) is 67.2 Å². The standard InChI is InChI=1S/C32H36F2N8O2.C26H31ClFN7O2.C12H17BFNO2/c1-8-24(43)40-13-19(7)41(14-18(40)6)30-20-12-22(34)28(25-21(33)10-9-11-23(25)35)38-31(20)42(32(44)39-30)29-26(16(2)3)36-15-37-27(29)17(4)5;1-8-19(36)33-10-16(7)34(11-15(33)6)24-17-9-18(28)23(27)31-25(17)35(26(37)32-24)22-20(13(2)3)29-12-30-21(22)14(4)5;1-11(2)12(3,4)17-13(16-11)10-8(14)6-5-7-9(10)15/h8-12,15-19H,1,13-14,35H2,2-7H3;8-9,12-16H,1,10-11H2,2-7H3;5-7H,15H2,1-4H3/t18-,19+;15-,16+;/m11./s1. The molecule has 28 heteroatoms. The second-order valence-corrected chi connectivity index (χ2v) is 27.5. The van der Waals surface area contributed by atoms with Crippen LogP contribution in [0.1, 0.15) is 157 Å². The lowest BCUT2D eigenvalue weighted by Crippen LogP contribution is -2.58. The zero-order chi connectivity index (χ0) is 72.1. The maximum Gasteiger partial charge on any atom is 0.499 e. The summed E-state index contributed by atoms with van der Waals surface area (Å²) < 4.78 is 73.9. The molecule has 0 unspecified atom stereocenters. The second kappa shape index (κ2) is 28.7. The van der Waals surface area contributed by atoms with E-state index in [1.807, 2.05) is 121 Å². The number of piperazine rings is 2. The Morgan fingerprint density at radius 2 is 0.959 bits per heavy atom. The molecule has 4 atom stereocenters. The molecule has 0 saturated carbocycles. The number of anilines is 4. The molecular weight excluding hydrogens is 1280 g/mol. The van der Waals surface area contributed by atoms with Crippen molar-refractivity contribution in [2.24, 2.45) is 0 Å². The number of hydrogen-bond acceptors (Lipinski definition) is 18. The van der Waals surface area contributed by atoms with E-state index in [4.69, 9.17) is 32.4 Å². The highest BCUT2D eigenvalue weighted by Gasteiger charge is 2.53. The van der Waals surface area contributed by atoms with E-state index in [0.29, 0.717) is 77.2 Å². The smallest absolute Gasteiger partial charge is 0.399 e. The molecule has 0 aliphatic carbocycles. The molecule has 8 aromatic rings. The van der Waals surface area contributed by atoms with Gasteiger partial charge in [0.15, 0.2) is 28.1 Å². The van der Waals surface area contributed by atoms with Gasteiger partial charge in [-0.1, -0.05) is 92.3 Å². The van der Waals surface area contributed by atoms with Gasteiger partial charge in [0.25, 0.3) is 0 Å². The summed E-state index contributed by atoms with van der Waals surface area (Å²) in [7, 11) is -0.749. The van der Waals surface area contributed by atoms with Crippen LogP contribution < -0.4 is 38.1 Å². The first kappa shape index (κ1) is 73.1. The molecule has 0 radical (unpaired) electrons. The molecule has 2 amide bonds. The Morgan fingerprint density at radius 3 is 1.35 bits per heavy atom. The van der Waals surface area contributed by atoms with Crippen molar-refractivity contribution in [1.82, 2.24) is 58.8 Å². The predicted molar refractivity (Wildman–Crippen MR) is 375 cm³/mol. The Labute approximate surface area is 572 Å². The Bertz CT molecular complexity index is 4440. The summed E-state index contributed by atoms with van der Waals surface area (Å²) in [6.07, 6.45) is 5.49. The lowest BCUT2D eigenvalue weighted by molar-refractivity contribution is -0.129. The maximum atomic E-state index is 16.0. The predicted octanol–water partition coefficient (Wildman–Crippen LogP) is 10.9. The fourth-order valence-corrected chi connectivity index (χ4v) is 12.5. The van der Waals surface area contributed by atoms with E-state index in [2.05, 4.69) is 53.0 Å². The topological polar surface area (TPSA) is 265 Å². The number of benzene rings is 2. The summed E-state index contributed by atoms with van der Waals surface area (Å²) in [5, 5.41) is 0.212. The van der Waals surface area contributed by atoms with Gasteiger partial charge in [-0.3, -0.25) is 9.59 Å². The largest absolute Gasteiger partial charge is 0.499 e. The van der Waals surface area contributed by atoms with Gasteiger partial charge in [-0.25, -0.2) is 66.2 Å². The number of nitrogen functional groups attached to an aromatic ring is 2. The van der Waals surface area contributed by atoms with E-state index in [1.165, 1.54) is 70.3 Å². The fraction of sp³-hybridized carbons (Fsp3) is 0.429. The number of carbonyl (C=O) groups excluding carboxylic acids is 2. The number of aromatic nitrogens is 10. The number of fused-ring (bicyclic) bond motifs is 2. The number of pyridine rings is 2. The van der Waals surface area contributed by atoms with Crippen LogP contribution in [0.3, 0.4) is 0 Å². The Hall–Kier alpha value is -9.21. The van der Waals surface area contributed by atoms with E-state index in [1.54, 1.807) is 21.9 Å². The summed E-state index contributed by atoms with van der Waals surface area (Å²) in [6.45, 7) is 39.6. The lowest BCUT2D eigenvalue weighted by Gasteiger charge is -2.44. The molecule has 0 bridgehead atoms. The van der Waals surface area contributed by atoms with Gasteiger partial charge in [0.2, 0.25) is 11.8 Å². The van der Waals surface area contributed by atoms with Gasteiger partial charge in [-0.2, -0.15) is 9.97 Å². The minimum atomic E-state index is -0.832. The number of halogens is 5. The van der Waals surface area contributed by atoms with Crippen LogP contribution in [0.15, 0.2) is 96.1 Å². The monoisotopic (exact) mass is 1370 g/mol. The van der Waals surface area contributed by atoms with Crippen molar-refractivity contribution in [2.45, 2.75) is 170 Å². The first-order chi connectivity index (χ1) is 46.0. The summed E-state index contributed by atoms with van der Waals surface area (Å²) in [4.78, 5) is 95.8.